The molecule has 4 nitrogen and oxygen atoms in total. The van der Waals surface area contributed by atoms with Crippen molar-refractivity contribution in [3.8, 4) is 0 Å². The molecule has 0 unspecified atom stereocenters. The number of fused-ring (bicyclic) bond motifs is 2. The lowest BCUT2D eigenvalue weighted by Gasteiger charge is -2.16. The van der Waals surface area contributed by atoms with Gasteiger partial charge in [0.2, 0.25) is 0 Å². The van der Waals surface area contributed by atoms with E-state index in [1.165, 1.54) is 5.56 Å². The largest absolute Gasteiger partial charge is 0.348 e. The first-order valence-corrected chi connectivity index (χ1v) is 8.46. The molecular weight excluding hydrogens is 322 g/mol. The summed E-state index contributed by atoms with van der Waals surface area (Å²) in [6, 6.07) is 3.83. The maximum atomic E-state index is 12.6. The fourth-order valence-electron chi connectivity index (χ4n) is 3.10. The van der Waals surface area contributed by atoms with Crippen molar-refractivity contribution in [3.63, 3.8) is 0 Å². The highest BCUT2D eigenvalue weighted by Crippen LogP contribution is 2.21. The number of amides is 1. The first-order valence-electron chi connectivity index (χ1n) is 8.09. The third-order valence-electron chi connectivity index (χ3n) is 4.29. The summed E-state index contributed by atoms with van der Waals surface area (Å²) in [5.41, 5.74) is 5.69. The summed E-state index contributed by atoms with van der Waals surface area (Å²) < 4.78 is 0. The van der Waals surface area contributed by atoms with Crippen molar-refractivity contribution in [3.05, 3.63) is 69.3 Å². The highest BCUT2D eigenvalue weighted by atomic mass is 35.5. The highest BCUT2D eigenvalue weighted by Gasteiger charge is 2.16. The molecule has 2 aromatic rings. The van der Waals surface area contributed by atoms with Crippen LogP contribution in [-0.2, 0) is 19.4 Å². The maximum absolute atomic E-state index is 12.6. The third-order valence-corrected chi connectivity index (χ3v) is 4.62. The SMILES string of the molecule is Cc1cc2c(c(C)n1)CNC(=O)c1ccnc(Cl)c1C/C=C/CC2. The average Bonchev–Trinajstić information content (AvgIpc) is 2.53. The molecule has 0 aliphatic carbocycles. The molecule has 3 rings (SSSR count). The van der Waals surface area contributed by atoms with Gasteiger partial charge in [0.15, 0.2) is 0 Å². The molecule has 0 aromatic carbocycles. The van der Waals surface area contributed by atoms with Crippen molar-refractivity contribution in [1.29, 1.82) is 0 Å². The number of rotatable bonds is 0. The van der Waals surface area contributed by atoms with E-state index < -0.39 is 0 Å². The summed E-state index contributed by atoms with van der Waals surface area (Å²) in [6.07, 6.45) is 8.25. The molecule has 2 aromatic heterocycles. The number of nitrogens with one attached hydrogen (secondary N) is 1. The van der Waals surface area contributed by atoms with Gasteiger partial charge in [-0.2, -0.15) is 0 Å². The van der Waals surface area contributed by atoms with Crippen LogP contribution in [0.4, 0.5) is 0 Å². The lowest BCUT2D eigenvalue weighted by molar-refractivity contribution is 0.0950. The van der Waals surface area contributed by atoms with Crippen LogP contribution in [0.3, 0.4) is 0 Å². The highest BCUT2D eigenvalue weighted by molar-refractivity contribution is 6.30. The van der Waals surface area contributed by atoms with E-state index in [9.17, 15) is 4.79 Å². The normalized spacial score (nSPS) is 16.2. The van der Waals surface area contributed by atoms with Crippen molar-refractivity contribution in [2.75, 3.05) is 0 Å². The van der Waals surface area contributed by atoms with Gasteiger partial charge in [-0.1, -0.05) is 23.8 Å². The van der Waals surface area contributed by atoms with E-state index in [0.717, 1.165) is 35.4 Å². The molecular formula is C19H20ClN3O. The van der Waals surface area contributed by atoms with Crippen molar-refractivity contribution in [2.24, 2.45) is 0 Å². The van der Waals surface area contributed by atoms with Crippen LogP contribution >= 0.6 is 11.6 Å². The Labute approximate surface area is 147 Å². The smallest absolute Gasteiger partial charge is 0.252 e. The molecule has 1 amide bonds. The van der Waals surface area contributed by atoms with Crippen LogP contribution < -0.4 is 5.32 Å². The van der Waals surface area contributed by atoms with Gasteiger partial charge in [-0.15, -0.1) is 0 Å². The molecule has 24 heavy (non-hydrogen) atoms. The summed E-state index contributed by atoms with van der Waals surface area (Å²) in [5, 5.41) is 3.40. The summed E-state index contributed by atoms with van der Waals surface area (Å²) in [4.78, 5) is 21.3. The lowest BCUT2D eigenvalue weighted by Crippen LogP contribution is -2.25. The molecule has 1 N–H and O–H groups in total. The molecule has 1 aliphatic rings. The molecule has 0 spiro atoms. The number of halogens is 1. The number of hydrogen-bond donors (Lipinski definition) is 1. The number of carbonyl (C=O) groups excluding carboxylic acids is 1. The van der Waals surface area contributed by atoms with Crippen molar-refractivity contribution in [2.45, 2.75) is 39.7 Å². The second kappa shape index (κ2) is 7.14. The van der Waals surface area contributed by atoms with Crippen LogP contribution in [0.25, 0.3) is 0 Å². The molecule has 3 heterocycles. The van der Waals surface area contributed by atoms with Gasteiger partial charge in [-0.25, -0.2) is 4.98 Å². The van der Waals surface area contributed by atoms with Gasteiger partial charge in [-0.05, 0) is 56.4 Å². The second-order valence-electron chi connectivity index (χ2n) is 6.01. The Morgan fingerprint density at radius 3 is 2.88 bits per heavy atom. The summed E-state index contributed by atoms with van der Waals surface area (Å²) in [7, 11) is 0. The van der Waals surface area contributed by atoms with Crippen molar-refractivity contribution >= 4 is 17.5 Å². The van der Waals surface area contributed by atoms with Crippen LogP contribution in [0.5, 0.6) is 0 Å². The van der Waals surface area contributed by atoms with Crippen molar-refractivity contribution in [1.82, 2.24) is 15.3 Å². The molecule has 5 heteroatoms. The van der Waals surface area contributed by atoms with E-state index in [2.05, 4.69) is 33.5 Å². The predicted molar refractivity (Wildman–Crippen MR) is 95.3 cm³/mol. The van der Waals surface area contributed by atoms with Gasteiger partial charge in [0.1, 0.15) is 5.15 Å². The van der Waals surface area contributed by atoms with Gasteiger partial charge >= 0.3 is 0 Å². The average molecular weight is 342 g/mol. The van der Waals surface area contributed by atoms with Gasteiger partial charge in [0.25, 0.3) is 5.91 Å². The minimum absolute atomic E-state index is 0.130. The Hall–Kier alpha value is -2.20. The number of aryl methyl sites for hydroxylation is 3. The molecule has 0 saturated carbocycles. The van der Waals surface area contributed by atoms with Gasteiger partial charge in [0, 0.05) is 35.3 Å². The summed E-state index contributed by atoms with van der Waals surface area (Å²) in [5.74, 6) is -0.130. The van der Waals surface area contributed by atoms with Crippen LogP contribution in [-0.4, -0.2) is 15.9 Å². The van der Waals surface area contributed by atoms with Crippen LogP contribution in [0.1, 0.15) is 44.9 Å². The van der Waals surface area contributed by atoms with E-state index in [0.29, 0.717) is 23.7 Å². The number of carbonyl (C=O) groups is 1. The molecule has 0 fully saturated rings. The van der Waals surface area contributed by atoms with E-state index >= 15 is 0 Å². The van der Waals surface area contributed by atoms with Crippen LogP contribution in [0.2, 0.25) is 5.15 Å². The number of allylic oxidation sites excluding steroid dienone is 2. The molecule has 0 atom stereocenters. The minimum Gasteiger partial charge on any atom is -0.348 e. The third kappa shape index (κ3) is 3.49. The van der Waals surface area contributed by atoms with Crippen LogP contribution in [0, 0.1) is 13.8 Å². The van der Waals surface area contributed by atoms with E-state index in [-0.39, 0.29) is 5.91 Å². The molecule has 0 saturated heterocycles. The summed E-state index contributed by atoms with van der Waals surface area (Å²) in [6.45, 7) is 4.47. The van der Waals surface area contributed by atoms with E-state index in [4.69, 9.17) is 11.6 Å². The van der Waals surface area contributed by atoms with Gasteiger partial charge < -0.3 is 5.32 Å². The van der Waals surface area contributed by atoms with Gasteiger partial charge in [0.05, 0.1) is 0 Å². The quantitative estimate of drug-likeness (QED) is 0.587. The van der Waals surface area contributed by atoms with Gasteiger partial charge in [-0.3, -0.25) is 9.78 Å². The number of aromatic nitrogens is 2. The monoisotopic (exact) mass is 341 g/mol. The summed E-state index contributed by atoms with van der Waals surface area (Å²) >= 11 is 6.19. The number of hydrogen-bond acceptors (Lipinski definition) is 3. The standard InChI is InChI=1S/C19H20ClN3O/c1-12-10-14-6-4-3-5-7-15-16(8-9-21-18(15)20)19(24)22-11-17(14)13(2)23-12/h3,5,8-10H,4,6-7,11H2,1-2H3,(H,22,24)/b5-3+. The first kappa shape index (κ1) is 16.7. The zero-order valence-corrected chi connectivity index (χ0v) is 14.7. The Bertz CT molecular complexity index is 814. The maximum Gasteiger partial charge on any atom is 0.252 e. The zero-order valence-electron chi connectivity index (χ0n) is 13.9. The number of pyridine rings is 2. The first-order chi connectivity index (χ1) is 11.6. The fourth-order valence-corrected chi connectivity index (χ4v) is 3.33. The fraction of sp³-hybridized carbons (Fsp3) is 0.316. The topological polar surface area (TPSA) is 54.9 Å². The molecule has 0 bridgehead atoms. The van der Waals surface area contributed by atoms with E-state index in [1.807, 2.05) is 13.8 Å². The van der Waals surface area contributed by atoms with Crippen molar-refractivity contribution < 1.29 is 4.79 Å². The lowest BCUT2D eigenvalue weighted by atomic mass is 9.99. The Morgan fingerprint density at radius 2 is 2.04 bits per heavy atom. The second-order valence-corrected chi connectivity index (χ2v) is 6.37. The minimum atomic E-state index is -0.130. The molecule has 124 valence electrons. The van der Waals surface area contributed by atoms with Crippen LogP contribution in [0.15, 0.2) is 30.5 Å². The van der Waals surface area contributed by atoms with E-state index in [1.54, 1.807) is 12.3 Å². The molecule has 0 radical (unpaired) electrons. The molecule has 1 aliphatic heterocycles. The zero-order chi connectivity index (χ0) is 17.1. The Kier molecular flexibility index (Phi) is 4.95. The number of nitrogens with zero attached hydrogens (tertiary/aromatic N) is 2. The predicted octanol–water partition coefficient (Wildman–Crippen LogP) is 3.72. The Balaban J connectivity index is 2.00. The Morgan fingerprint density at radius 1 is 1.21 bits per heavy atom.